The Morgan fingerprint density at radius 1 is 1.05 bits per heavy atom. The molecule has 0 saturated heterocycles. The van der Waals surface area contributed by atoms with Gasteiger partial charge in [-0.3, -0.25) is 4.98 Å². The second-order valence-electron chi connectivity index (χ2n) is 5.19. The molecule has 6 heteroatoms. The Morgan fingerprint density at radius 2 is 1.91 bits per heavy atom. The third-order valence-electron chi connectivity index (χ3n) is 3.43. The molecular weight excluding hydrogens is 276 g/mol. The van der Waals surface area contributed by atoms with Crippen molar-refractivity contribution in [1.29, 1.82) is 0 Å². The first-order chi connectivity index (χ1) is 10.6. The van der Waals surface area contributed by atoms with Crippen molar-refractivity contribution in [1.82, 2.24) is 24.9 Å². The number of anilines is 1. The number of nitrogens with zero attached hydrogens (tertiary/aromatic N) is 4. The van der Waals surface area contributed by atoms with Crippen LogP contribution in [-0.2, 0) is 0 Å². The third kappa shape index (κ3) is 2.95. The molecule has 22 heavy (non-hydrogen) atoms. The van der Waals surface area contributed by atoms with Gasteiger partial charge in [0.25, 0.3) is 0 Å². The van der Waals surface area contributed by atoms with Crippen molar-refractivity contribution in [2.24, 2.45) is 0 Å². The Kier molecular flexibility index (Phi) is 3.82. The van der Waals surface area contributed by atoms with Crippen molar-refractivity contribution in [2.45, 2.75) is 26.8 Å². The van der Waals surface area contributed by atoms with E-state index in [1.165, 1.54) is 0 Å². The maximum atomic E-state index is 4.58. The minimum absolute atomic E-state index is 0.00231. The molecule has 0 fully saturated rings. The molecule has 0 spiro atoms. The first-order valence-corrected chi connectivity index (χ1v) is 7.17. The molecule has 3 aromatic rings. The number of nitrogens with one attached hydrogen (secondary N) is 2. The van der Waals surface area contributed by atoms with Crippen LogP contribution in [0.1, 0.15) is 30.2 Å². The topological polar surface area (TPSA) is 79.4 Å². The molecule has 2 N–H and O–H groups in total. The van der Waals surface area contributed by atoms with E-state index >= 15 is 0 Å². The molecule has 0 amide bonds. The highest BCUT2D eigenvalue weighted by molar-refractivity contribution is 5.62. The number of aryl methyl sites for hydroxylation is 2. The molecule has 0 aromatic carbocycles. The Bertz CT molecular complexity index is 766. The van der Waals surface area contributed by atoms with Crippen LogP contribution in [0.4, 0.5) is 5.95 Å². The monoisotopic (exact) mass is 294 g/mol. The average molecular weight is 294 g/mol. The molecule has 0 unspecified atom stereocenters. The SMILES string of the molecule is Cc1ccc(-c2ccnc(N[C@@H](C)c3ncc[nH]3)n2)c(C)n1. The van der Waals surface area contributed by atoms with Crippen LogP contribution in [-0.4, -0.2) is 24.9 Å². The number of pyridine rings is 1. The van der Waals surface area contributed by atoms with Crippen LogP contribution in [0, 0.1) is 13.8 Å². The third-order valence-corrected chi connectivity index (χ3v) is 3.43. The summed E-state index contributed by atoms with van der Waals surface area (Å²) in [6.07, 6.45) is 5.27. The molecule has 0 aliphatic carbocycles. The van der Waals surface area contributed by atoms with Gasteiger partial charge in [-0.1, -0.05) is 0 Å². The van der Waals surface area contributed by atoms with Gasteiger partial charge in [0.05, 0.1) is 11.7 Å². The van der Waals surface area contributed by atoms with E-state index < -0.39 is 0 Å². The van der Waals surface area contributed by atoms with Crippen LogP contribution in [0.2, 0.25) is 0 Å². The van der Waals surface area contributed by atoms with Crippen molar-refractivity contribution in [3.8, 4) is 11.3 Å². The summed E-state index contributed by atoms with van der Waals surface area (Å²) in [7, 11) is 0. The number of aromatic amines is 1. The zero-order valence-corrected chi connectivity index (χ0v) is 12.8. The summed E-state index contributed by atoms with van der Waals surface area (Å²) >= 11 is 0. The van der Waals surface area contributed by atoms with Crippen molar-refractivity contribution >= 4 is 5.95 Å². The van der Waals surface area contributed by atoms with Crippen LogP contribution in [0.5, 0.6) is 0 Å². The van der Waals surface area contributed by atoms with E-state index in [1.54, 1.807) is 18.6 Å². The second-order valence-corrected chi connectivity index (χ2v) is 5.19. The Balaban J connectivity index is 1.86. The molecule has 0 radical (unpaired) electrons. The fourth-order valence-corrected chi connectivity index (χ4v) is 2.31. The molecule has 0 aliphatic heterocycles. The molecule has 0 saturated carbocycles. The van der Waals surface area contributed by atoms with Crippen LogP contribution in [0.3, 0.4) is 0 Å². The minimum Gasteiger partial charge on any atom is -0.347 e. The Morgan fingerprint density at radius 3 is 2.64 bits per heavy atom. The van der Waals surface area contributed by atoms with Crippen LogP contribution < -0.4 is 5.32 Å². The van der Waals surface area contributed by atoms with E-state index in [9.17, 15) is 0 Å². The average Bonchev–Trinajstić information content (AvgIpc) is 3.02. The zero-order chi connectivity index (χ0) is 15.5. The highest BCUT2D eigenvalue weighted by Crippen LogP contribution is 2.22. The Labute approximate surface area is 129 Å². The summed E-state index contributed by atoms with van der Waals surface area (Å²) in [5.74, 6) is 1.42. The van der Waals surface area contributed by atoms with Gasteiger partial charge in [-0.25, -0.2) is 15.0 Å². The number of imidazole rings is 1. The van der Waals surface area contributed by atoms with Gasteiger partial charge in [0.1, 0.15) is 5.82 Å². The highest BCUT2D eigenvalue weighted by atomic mass is 15.1. The van der Waals surface area contributed by atoms with Gasteiger partial charge in [0, 0.05) is 35.5 Å². The van der Waals surface area contributed by atoms with Gasteiger partial charge in [-0.15, -0.1) is 0 Å². The van der Waals surface area contributed by atoms with Gasteiger partial charge in [0.15, 0.2) is 0 Å². The fraction of sp³-hybridized carbons (Fsp3) is 0.250. The first-order valence-electron chi connectivity index (χ1n) is 7.17. The zero-order valence-electron chi connectivity index (χ0n) is 12.8. The summed E-state index contributed by atoms with van der Waals surface area (Å²) < 4.78 is 0. The minimum atomic E-state index is 0.00231. The predicted molar refractivity (Wildman–Crippen MR) is 85.4 cm³/mol. The van der Waals surface area contributed by atoms with E-state index in [-0.39, 0.29) is 6.04 Å². The Hall–Kier alpha value is -2.76. The lowest BCUT2D eigenvalue weighted by molar-refractivity contribution is 0.795. The number of H-pyrrole nitrogens is 1. The summed E-state index contributed by atoms with van der Waals surface area (Å²) in [5, 5.41) is 3.25. The molecule has 0 aliphatic rings. The van der Waals surface area contributed by atoms with Gasteiger partial charge in [-0.05, 0) is 39.0 Å². The normalized spacial score (nSPS) is 12.1. The maximum Gasteiger partial charge on any atom is 0.223 e. The summed E-state index contributed by atoms with van der Waals surface area (Å²) in [6, 6.07) is 5.92. The van der Waals surface area contributed by atoms with Crippen LogP contribution >= 0.6 is 0 Å². The largest absolute Gasteiger partial charge is 0.347 e. The van der Waals surface area contributed by atoms with Gasteiger partial charge in [0.2, 0.25) is 5.95 Å². The summed E-state index contributed by atoms with van der Waals surface area (Å²) in [6.45, 7) is 5.98. The maximum absolute atomic E-state index is 4.58. The lowest BCUT2D eigenvalue weighted by atomic mass is 10.1. The lowest BCUT2D eigenvalue weighted by Gasteiger charge is -2.12. The van der Waals surface area contributed by atoms with Gasteiger partial charge >= 0.3 is 0 Å². The van der Waals surface area contributed by atoms with Crippen molar-refractivity contribution in [3.63, 3.8) is 0 Å². The number of hydrogen-bond donors (Lipinski definition) is 2. The van der Waals surface area contributed by atoms with E-state index in [0.717, 1.165) is 28.5 Å². The van der Waals surface area contributed by atoms with Crippen LogP contribution in [0.25, 0.3) is 11.3 Å². The fourth-order valence-electron chi connectivity index (χ4n) is 2.31. The van der Waals surface area contributed by atoms with Gasteiger partial charge in [-0.2, -0.15) is 0 Å². The van der Waals surface area contributed by atoms with Crippen molar-refractivity contribution in [2.75, 3.05) is 5.32 Å². The van der Waals surface area contributed by atoms with E-state index in [0.29, 0.717) is 5.95 Å². The van der Waals surface area contributed by atoms with Crippen molar-refractivity contribution in [3.05, 3.63) is 54.0 Å². The van der Waals surface area contributed by atoms with Gasteiger partial charge < -0.3 is 10.3 Å². The standard InChI is InChI=1S/C16H18N6/c1-10-4-5-13(11(2)20-10)14-6-7-19-16(22-14)21-12(3)15-17-8-9-18-15/h4-9,12H,1-3H3,(H,17,18)(H,19,21,22)/t12-/m0/s1. The highest BCUT2D eigenvalue weighted by Gasteiger charge is 2.11. The summed E-state index contributed by atoms with van der Waals surface area (Å²) in [5.41, 5.74) is 3.83. The lowest BCUT2D eigenvalue weighted by Crippen LogP contribution is -2.11. The van der Waals surface area contributed by atoms with E-state index in [1.807, 2.05) is 39.0 Å². The molecule has 0 bridgehead atoms. The quantitative estimate of drug-likeness (QED) is 0.773. The number of rotatable bonds is 4. The predicted octanol–water partition coefficient (Wildman–Crippen LogP) is 3.05. The molecule has 1 atom stereocenters. The molecule has 3 aromatic heterocycles. The number of aromatic nitrogens is 5. The van der Waals surface area contributed by atoms with E-state index in [4.69, 9.17) is 0 Å². The molecule has 3 rings (SSSR count). The molecular formula is C16H18N6. The molecule has 6 nitrogen and oxygen atoms in total. The molecule has 3 heterocycles. The summed E-state index contributed by atoms with van der Waals surface area (Å²) in [4.78, 5) is 20.7. The first kappa shape index (κ1) is 14.2. The number of hydrogen-bond acceptors (Lipinski definition) is 5. The molecule has 112 valence electrons. The van der Waals surface area contributed by atoms with E-state index in [2.05, 4.69) is 30.2 Å². The van der Waals surface area contributed by atoms with Crippen molar-refractivity contribution < 1.29 is 0 Å². The smallest absolute Gasteiger partial charge is 0.223 e. The second kappa shape index (κ2) is 5.93. The van der Waals surface area contributed by atoms with Crippen LogP contribution in [0.15, 0.2) is 36.8 Å².